The molecule has 0 spiro atoms. The molecule has 0 N–H and O–H groups in total. The Morgan fingerprint density at radius 2 is 0.711 bits per heavy atom. The topological polar surface area (TPSA) is 128 Å². The van der Waals surface area contributed by atoms with E-state index >= 15 is 0 Å². The van der Waals surface area contributed by atoms with Crippen LogP contribution in [0.2, 0.25) is 0 Å². The number of terminal acetylenes is 1. The van der Waals surface area contributed by atoms with E-state index in [1.807, 2.05) is 0 Å². The molecule has 0 aromatic carbocycles. The van der Waals surface area contributed by atoms with Gasteiger partial charge in [-0.3, -0.25) is 4.79 Å². The predicted molar refractivity (Wildman–Crippen MR) is 168 cm³/mol. The fraction of sp³-hybridized carbons (Fsp3) is 0.906. The van der Waals surface area contributed by atoms with Crippen LogP contribution in [0.5, 0.6) is 0 Å². The molecule has 0 aliphatic heterocycles. The third-order valence-corrected chi connectivity index (χ3v) is 5.63. The van der Waals surface area contributed by atoms with Crippen molar-refractivity contribution in [2.75, 3.05) is 152 Å². The average molecular weight is 653 g/mol. The van der Waals surface area contributed by atoms with Crippen LogP contribution >= 0.6 is 0 Å². The Kier molecular flexibility index (Phi) is 39.3. The van der Waals surface area contributed by atoms with Gasteiger partial charge in [-0.2, -0.15) is 0 Å². The fourth-order valence-corrected chi connectivity index (χ4v) is 3.31. The van der Waals surface area contributed by atoms with Crippen molar-refractivity contribution >= 4 is 5.97 Å². The first-order chi connectivity index (χ1) is 22.3. The molecule has 0 radical (unpaired) electrons. The van der Waals surface area contributed by atoms with Gasteiger partial charge >= 0.3 is 5.97 Å². The first-order valence-corrected chi connectivity index (χ1v) is 16.3. The second kappa shape index (κ2) is 40.6. The monoisotopic (exact) mass is 652 g/mol. The molecule has 45 heavy (non-hydrogen) atoms. The summed E-state index contributed by atoms with van der Waals surface area (Å²) in [5, 5.41) is 0. The zero-order valence-corrected chi connectivity index (χ0v) is 27.7. The molecule has 13 nitrogen and oxygen atoms in total. The van der Waals surface area contributed by atoms with Gasteiger partial charge in [0.05, 0.1) is 139 Å². The first-order valence-electron chi connectivity index (χ1n) is 16.3. The van der Waals surface area contributed by atoms with Crippen LogP contribution in [0.15, 0.2) is 0 Å². The highest BCUT2D eigenvalue weighted by Crippen LogP contribution is 2.03. The number of rotatable bonds is 39. The van der Waals surface area contributed by atoms with Crippen LogP contribution in [0.25, 0.3) is 0 Å². The van der Waals surface area contributed by atoms with E-state index < -0.39 is 0 Å². The predicted octanol–water partition coefficient (Wildman–Crippen LogP) is 2.32. The first kappa shape index (κ1) is 43.6. The molecule has 0 fully saturated rings. The molecule has 0 atom stereocenters. The summed E-state index contributed by atoms with van der Waals surface area (Å²) in [5.74, 6) is 2.24. The molecule has 0 aliphatic carbocycles. The lowest BCUT2D eigenvalue weighted by Gasteiger charge is -2.09. The molecule has 0 aromatic heterocycles. The van der Waals surface area contributed by atoms with Crippen molar-refractivity contribution in [2.24, 2.45) is 0 Å². The number of esters is 1. The molecule has 0 amide bonds. The van der Waals surface area contributed by atoms with Crippen molar-refractivity contribution in [3.63, 3.8) is 0 Å². The van der Waals surface area contributed by atoms with E-state index in [1.54, 1.807) is 0 Å². The molecular weight excluding hydrogens is 592 g/mol. The van der Waals surface area contributed by atoms with Crippen LogP contribution in [-0.2, 0) is 61.6 Å². The number of ether oxygens (including phenoxy) is 12. The molecule has 266 valence electrons. The highest BCUT2D eigenvalue weighted by Gasteiger charge is 2.02. The van der Waals surface area contributed by atoms with Crippen molar-refractivity contribution < 1.29 is 61.6 Å². The van der Waals surface area contributed by atoms with Crippen LogP contribution in [0, 0.1) is 12.3 Å². The second-order valence-corrected chi connectivity index (χ2v) is 9.41. The molecule has 0 heterocycles. The molecule has 0 unspecified atom stereocenters. The van der Waals surface area contributed by atoms with Gasteiger partial charge in [0.25, 0.3) is 0 Å². The van der Waals surface area contributed by atoms with Gasteiger partial charge in [0.15, 0.2) is 0 Å². The Balaban J connectivity index is 3.08. The van der Waals surface area contributed by atoms with Crippen molar-refractivity contribution in [2.45, 2.75) is 39.0 Å². The zero-order valence-electron chi connectivity index (χ0n) is 27.7. The summed E-state index contributed by atoms with van der Waals surface area (Å²) in [5.41, 5.74) is 0. The average Bonchev–Trinajstić information content (AvgIpc) is 3.05. The van der Waals surface area contributed by atoms with E-state index in [0.717, 1.165) is 25.7 Å². The Hall–Kier alpha value is -1.41. The largest absolute Gasteiger partial charge is 0.463 e. The summed E-state index contributed by atoms with van der Waals surface area (Å²) >= 11 is 0. The van der Waals surface area contributed by atoms with E-state index in [2.05, 4.69) is 12.8 Å². The van der Waals surface area contributed by atoms with Crippen LogP contribution in [0.4, 0.5) is 0 Å². The highest BCUT2D eigenvalue weighted by molar-refractivity contribution is 5.69. The SMILES string of the molecule is C#CCOCCOCCOCCOCCOCCOCCOCCOCCOCCOCCOCCOC(=O)CCCCCC. The third kappa shape index (κ3) is 40.6. The van der Waals surface area contributed by atoms with Gasteiger partial charge in [-0.15, -0.1) is 6.42 Å². The molecule has 13 heteroatoms. The van der Waals surface area contributed by atoms with Gasteiger partial charge in [0.1, 0.15) is 13.2 Å². The van der Waals surface area contributed by atoms with Crippen molar-refractivity contribution in [1.29, 1.82) is 0 Å². The summed E-state index contributed by atoms with van der Waals surface area (Å²) in [6.45, 7) is 13.0. The Bertz CT molecular complexity index is 618. The van der Waals surface area contributed by atoms with Gasteiger partial charge in [-0.25, -0.2) is 0 Å². The summed E-state index contributed by atoms with van der Waals surface area (Å²) in [7, 11) is 0. The Labute approximate surface area is 271 Å². The minimum absolute atomic E-state index is 0.153. The van der Waals surface area contributed by atoms with Crippen LogP contribution < -0.4 is 0 Å². The van der Waals surface area contributed by atoms with Crippen LogP contribution in [-0.4, -0.2) is 158 Å². The maximum Gasteiger partial charge on any atom is 0.305 e. The number of hydrogen-bond acceptors (Lipinski definition) is 13. The third-order valence-electron chi connectivity index (χ3n) is 5.63. The maximum atomic E-state index is 11.5. The summed E-state index contributed by atoms with van der Waals surface area (Å²) in [4.78, 5) is 11.5. The lowest BCUT2D eigenvalue weighted by molar-refractivity contribution is -0.145. The van der Waals surface area contributed by atoms with Gasteiger partial charge in [-0.05, 0) is 6.42 Å². The normalized spacial score (nSPS) is 11.2. The number of unbranched alkanes of at least 4 members (excludes halogenated alkanes) is 3. The maximum absolute atomic E-state index is 11.5. The lowest BCUT2D eigenvalue weighted by atomic mass is 10.2. The summed E-state index contributed by atoms with van der Waals surface area (Å²) < 4.78 is 64.5. The smallest absolute Gasteiger partial charge is 0.305 e. The van der Waals surface area contributed by atoms with E-state index in [9.17, 15) is 4.79 Å². The van der Waals surface area contributed by atoms with Crippen molar-refractivity contribution in [1.82, 2.24) is 0 Å². The van der Waals surface area contributed by atoms with E-state index in [4.69, 9.17) is 63.3 Å². The van der Waals surface area contributed by atoms with E-state index in [-0.39, 0.29) is 12.6 Å². The van der Waals surface area contributed by atoms with Crippen molar-refractivity contribution in [3.05, 3.63) is 0 Å². The number of carbonyl (C=O) groups excluding carboxylic acids is 1. The molecule has 0 saturated carbocycles. The Morgan fingerprint density at radius 1 is 0.422 bits per heavy atom. The van der Waals surface area contributed by atoms with Gasteiger partial charge in [0.2, 0.25) is 0 Å². The standard InChI is InChI=1S/C32H60O13/c1-3-5-6-7-8-32(33)45-31-30-44-29-28-43-27-26-42-25-24-41-23-22-40-21-20-39-19-18-38-17-16-37-15-14-36-13-12-35-11-10-34-9-4-2/h2H,3,5-31H2,1H3. The summed E-state index contributed by atoms with van der Waals surface area (Å²) in [6, 6.07) is 0. The van der Waals surface area contributed by atoms with Crippen molar-refractivity contribution in [3.8, 4) is 12.3 Å². The Morgan fingerprint density at radius 3 is 1.00 bits per heavy atom. The van der Waals surface area contributed by atoms with Crippen LogP contribution in [0.3, 0.4) is 0 Å². The van der Waals surface area contributed by atoms with E-state index in [0.29, 0.717) is 152 Å². The fourth-order valence-electron chi connectivity index (χ4n) is 3.31. The van der Waals surface area contributed by atoms with Gasteiger partial charge in [-0.1, -0.05) is 32.1 Å². The minimum atomic E-state index is -0.153. The molecule has 0 rings (SSSR count). The molecule has 0 aromatic rings. The summed E-state index contributed by atoms with van der Waals surface area (Å²) in [6.07, 6.45) is 9.83. The highest BCUT2D eigenvalue weighted by atomic mass is 16.6. The second-order valence-electron chi connectivity index (χ2n) is 9.41. The van der Waals surface area contributed by atoms with Gasteiger partial charge < -0.3 is 56.8 Å². The number of carbonyl (C=O) groups is 1. The molecule has 0 saturated heterocycles. The quantitative estimate of drug-likeness (QED) is 0.0548. The zero-order chi connectivity index (χ0) is 32.6. The minimum Gasteiger partial charge on any atom is -0.463 e. The molecular formula is C32H60O13. The molecule has 0 bridgehead atoms. The molecule has 0 aliphatic rings. The van der Waals surface area contributed by atoms with Gasteiger partial charge in [0, 0.05) is 6.42 Å². The van der Waals surface area contributed by atoms with Crippen LogP contribution in [0.1, 0.15) is 39.0 Å². The van der Waals surface area contributed by atoms with E-state index in [1.165, 1.54) is 0 Å². The number of hydrogen-bond donors (Lipinski definition) is 0. The lowest BCUT2D eigenvalue weighted by Crippen LogP contribution is -2.15.